The maximum Gasteiger partial charge on any atom is 0.472 e. The van der Waals surface area contributed by atoms with Gasteiger partial charge in [0.15, 0.2) is 12.2 Å². The van der Waals surface area contributed by atoms with Crippen LogP contribution in [0.1, 0.15) is 383 Å². The molecule has 0 heterocycles. The fourth-order valence-electron chi connectivity index (χ4n) is 11.6. The second-order valence-corrected chi connectivity index (χ2v) is 32.2. The molecule has 19 heteroatoms. The number of carbonyl (C=O) groups is 4. The zero-order valence-corrected chi connectivity index (χ0v) is 64.1. The molecule has 0 aliphatic heterocycles. The fraction of sp³-hybridized carbons (Fsp3) is 0.947. The van der Waals surface area contributed by atoms with Crippen LogP contribution in [0.5, 0.6) is 0 Å². The molecule has 3 unspecified atom stereocenters. The lowest BCUT2D eigenvalue weighted by atomic mass is 10.0. The van der Waals surface area contributed by atoms with Crippen molar-refractivity contribution in [1.29, 1.82) is 0 Å². The molecular formula is C76H148O17P2. The molecule has 0 aromatic rings. The number of aliphatic hydroxyl groups is 1. The average molecular weight is 1400 g/mol. The number of aliphatic hydroxyl groups excluding tert-OH is 1. The predicted octanol–water partition coefficient (Wildman–Crippen LogP) is 22.0. The van der Waals surface area contributed by atoms with E-state index in [1.165, 1.54) is 186 Å². The van der Waals surface area contributed by atoms with Crippen LogP contribution >= 0.6 is 15.6 Å². The number of rotatable bonds is 73. The summed E-state index contributed by atoms with van der Waals surface area (Å²) in [7, 11) is -9.91. The number of hydrogen-bond acceptors (Lipinski definition) is 15. The molecule has 0 aromatic carbocycles. The summed E-state index contributed by atoms with van der Waals surface area (Å²) < 4.78 is 68.5. The summed E-state index contributed by atoms with van der Waals surface area (Å²) in [4.78, 5) is 72.8. The van der Waals surface area contributed by atoms with E-state index in [0.29, 0.717) is 25.7 Å². The zero-order valence-electron chi connectivity index (χ0n) is 62.3. The lowest BCUT2D eigenvalue weighted by Crippen LogP contribution is -2.30. The molecule has 17 nitrogen and oxygen atoms in total. The molecule has 0 bridgehead atoms. The van der Waals surface area contributed by atoms with Gasteiger partial charge < -0.3 is 33.8 Å². The maximum atomic E-state index is 13.1. The van der Waals surface area contributed by atoms with Gasteiger partial charge in [-0.25, -0.2) is 9.13 Å². The molecule has 0 aliphatic carbocycles. The van der Waals surface area contributed by atoms with E-state index in [-0.39, 0.29) is 25.7 Å². The van der Waals surface area contributed by atoms with E-state index in [1.807, 2.05) is 0 Å². The number of phosphoric acid groups is 2. The summed E-state index contributed by atoms with van der Waals surface area (Å²) in [5.41, 5.74) is 0. The van der Waals surface area contributed by atoms with Crippen LogP contribution in [0.25, 0.3) is 0 Å². The highest BCUT2D eigenvalue weighted by Crippen LogP contribution is 2.45. The van der Waals surface area contributed by atoms with Crippen molar-refractivity contribution in [3.8, 4) is 0 Å². The number of unbranched alkanes of at least 4 members (excludes halogenated alkanes) is 39. The van der Waals surface area contributed by atoms with Crippen molar-refractivity contribution in [1.82, 2.24) is 0 Å². The van der Waals surface area contributed by atoms with E-state index in [4.69, 9.17) is 37.0 Å². The number of ether oxygens (including phenoxy) is 4. The first-order valence-corrected chi connectivity index (χ1v) is 42.2. The zero-order chi connectivity index (χ0) is 70.3. The molecule has 0 spiro atoms. The molecule has 564 valence electrons. The summed E-state index contributed by atoms with van der Waals surface area (Å²) in [5, 5.41) is 10.6. The summed E-state index contributed by atoms with van der Waals surface area (Å²) >= 11 is 0. The molecule has 0 aliphatic rings. The van der Waals surface area contributed by atoms with Gasteiger partial charge >= 0.3 is 39.5 Å². The van der Waals surface area contributed by atoms with Gasteiger partial charge in [0.25, 0.3) is 0 Å². The normalized spacial score (nSPS) is 14.1. The standard InChI is InChI=1S/C76H148O17P2/c1-66(2)52-44-36-28-20-16-12-10-9-11-13-19-23-34-42-50-58-75(80)92-71(62-86-73(78)56-48-40-32-22-18-15-14-17-21-29-37-45-53-67(3)4)64-90-94(82,83)88-60-70(77)61-89-95(84,85)91-65-72(93-76(81)59-51-43-35-27-25-31-39-47-55-69(7)8)63-87-74(79)57-49-41-33-26-24-30-38-46-54-68(5)6/h66-72,77H,9-65H2,1-8H3,(H,82,83)(H,84,85)/t70?,71-,72-/m1/s1. The molecule has 3 N–H and O–H groups in total. The van der Waals surface area contributed by atoms with Gasteiger partial charge in [-0.2, -0.15) is 0 Å². The first-order valence-electron chi connectivity index (χ1n) is 39.2. The van der Waals surface area contributed by atoms with E-state index in [0.717, 1.165) is 114 Å². The van der Waals surface area contributed by atoms with Crippen molar-refractivity contribution >= 4 is 39.5 Å². The van der Waals surface area contributed by atoms with Crippen LogP contribution in [0.15, 0.2) is 0 Å². The molecule has 5 atom stereocenters. The Balaban J connectivity index is 5.25. The van der Waals surface area contributed by atoms with E-state index >= 15 is 0 Å². The van der Waals surface area contributed by atoms with Gasteiger partial charge in [0.05, 0.1) is 26.4 Å². The minimum atomic E-state index is -4.96. The van der Waals surface area contributed by atoms with Gasteiger partial charge in [0.2, 0.25) is 0 Å². The Morgan fingerprint density at radius 3 is 0.653 bits per heavy atom. The Hall–Kier alpha value is -1.94. The predicted molar refractivity (Wildman–Crippen MR) is 386 cm³/mol. The van der Waals surface area contributed by atoms with Gasteiger partial charge in [-0.3, -0.25) is 37.3 Å². The third-order valence-corrected chi connectivity index (χ3v) is 19.5. The van der Waals surface area contributed by atoms with Crippen molar-refractivity contribution in [2.75, 3.05) is 39.6 Å². The molecule has 0 aromatic heterocycles. The summed E-state index contributed by atoms with van der Waals surface area (Å²) in [5.74, 6) is 0.907. The van der Waals surface area contributed by atoms with Crippen LogP contribution in [0.2, 0.25) is 0 Å². The summed E-state index contributed by atoms with van der Waals surface area (Å²) in [6.45, 7) is 14.2. The molecule has 0 amide bonds. The molecular weight excluding hydrogens is 1250 g/mol. The lowest BCUT2D eigenvalue weighted by molar-refractivity contribution is -0.161. The van der Waals surface area contributed by atoms with Crippen molar-refractivity contribution in [2.24, 2.45) is 23.7 Å². The Labute approximate surface area is 581 Å². The van der Waals surface area contributed by atoms with E-state index in [9.17, 15) is 43.2 Å². The third-order valence-electron chi connectivity index (χ3n) is 17.6. The number of esters is 4. The van der Waals surface area contributed by atoms with Gasteiger partial charge in [0.1, 0.15) is 19.3 Å². The van der Waals surface area contributed by atoms with E-state index in [2.05, 4.69) is 55.4 Å². The van der Waals surface area contributed by atoms with Crippen LogP contribution in [-0.2, 0) is 65.4 Å². The highest BCUT2D eigenvalue weighted by Gasteiger charge is 2.30. The van der Waals surface area contributed by atoms with Crippen molar-refractivity contribution in [2.45, 2.75) is 401 Å². The minimum Gasteiger partial charge on any atom is -0.462 e. The van der Waals surface area contributed by atoms with Gasteiger partial charge in [-0.15, -0.1) is 0 Å². The minimum absolute atomic E-state index is 0.104. The molecule has 95 heavy (non-hydrogen) atoms. The van der Waals surface area contributed by atoms with Crippen LogP contribution in [-0.4, -0.2) is 96.7 Å². The quantitative estimate of drug-likeness (QED) is 0.0222. The molecule has 0 rings (SSSR count). The molecule has 0 radical (unpaired) electrons. The lowest BCUT2D eigenvalue weighted by Gasteiger charge is -2.21. The summed E-state index contributed by atoms with van der Waals surface area (Å²) in [6.07, 6.45) is 50.0. The first kappa shape index (κ1) is 93.1. The second-order valence-electron chi connectivity index (χ2n) is 29.3. The fourth-order valence-corrected chi connectivity index (χ4v) is 13.1. The highest BCUT2D eigenvalue weighted by molar-refractivity contribution is 7.47. The number of phosphoric ester groups is 2. The highest BCUT2D eigenvalue weighted by atomic mass is 31.2. The average Bonchev–Trinajstić information content (AvgIpc) is 1.34. The van der Waals surface area contributed by atoms with Crippen molar-refractivity contribution < 1.29 is 80.2 Å². The first-order chi connectivity index (χ1) is 45.6. The van der Waals surface area contributed by atoms with Crippen molar-refractivity contribution in [3.63, 3.8) is 0 Å². The SMILES string of the molecule is CC(C)CCCCCCCCCCCCCCCCCC(=O)O[C@H](COC(=O)CCCCCCCCCCCCCCC(C)C)COP(=O)(O)OCC(O)COP(=O)(O)OC[C@@H](COC(=O)CCCCCCCCCCC(C)C)OC(=O)CCCCCCCCCCC(C)C. The van der Waals surface area contributed by atoms with Crippen LogP contribution in [0.4, 0.5) is 0 Å². The smallest absolute Gasteiger partial charge is 0.462 e. The molecule has 0 saturated heterocycles. The Morgan fingerprint density at radius 2 is 0.442 bits per heavy atom. The van der Waals surface area contributed by atoms with Crippen LogP contribution in [0.3, 0.4) is 0 Å². The second kappa shape index (κ2) is 65.4. The molecule has 0 saturated carbocycles. The van der Waals surface area contributed by atoms with E-state index < -0.39 is 97.5 Å². The van der Waals surface area contributed by atoms with E-state index in [1.54, 1.807) is 0 Å². The Bertz CT molecular complexity index is 1870. The monoisotopic (exact) mass is 1400 g/mol. The Morgan fingerprint density at radius 1 is 0.263 bits per heavy atom. The summed E-state index contributed by atoms with van der Waals surface area (Å²) in [6, 6.07) is 0. The van der Waals surface area contributed by atoms with Crippen LogP contribution in [0, 0.1) is 23.7 Å². The number of carbonyl (C=O) groups excluding carboxylic acids is 4. The third kappa shape index (κ3) is 70.3. The van der Waals surface area contributed by atoms with Crippen molar-refractivity contribution in [3.05, 3.63) is 0 Å². The maximum absolute atomic E-state index is 13.1. The molecule has 0 fully saturated rings. The van der Waals surface area contributed by atoms with Crippen LogP contribution < -0.4 is 0 Å². The topological polar surface area (TPSA) is 237 Å². The van der Waals surface area contributed by atoms with Gasteiger partial charge in [-0.05, 0) is 49.4 Å². The van der Waals surface area contributed by atoms with Gasteiger partial charge in [0, 0.05) is 25.7 Å². The largest absolute Gasteiger partial charge is 0.472 e. The number of hydrogen-bond donors (Lipinski definition) is 3. The van der Waals surface area contributed by atoms with Gasteiger partial charge in [-0.1, -0.05) is 331 Å². The Kier molecular flexibility index (Phi) is 64.0.